The average Bonchev–Trinajstić information content (AvgIpc) is 3.05. The number of aromatic amines is 1. The van der Waals surface area contributed by atoms with Gasteiger partial charge in [-0.2, -0.15) is 10.4 Å². The second-order valence-electron chi connectivity index (χ2n) is 5.87. The van der Waals surface area contributed by atoms with E-state index in [0.717, 1.165) is 34.6 Å². The summed E-state index contributed by atoms with van der Waals surface area (Å²) < 4.78 is 1.93. The molecule has 1 N–H and O–H groups in total. The maximum atomic E-state index is 9.05. The van der Waals surface area contributed by atoms with E-state index in [-0.39, 0.29) is 6.04 Å². The highest BCUT2D eigenvalue weighted by molar-refractivity contribution is 5.89. The van der Waals surface area contributed by atoms with E-state index in [1.807, 2.05) is 29.3 Å². The first-order valence-electron chi connectivity index (χ1n) is 7.54. The van der Waals surface area contributed by atoms with Gasteiger partial charge < -0.3 is 4.98 Å². The van der Waals surface area contributed by atoms with Crippen molar-refractivity contribution < 1.29 is 0 Å². The maximum Gasteiger partial charge on any atom is 0.141 e. The van der Waals surface area contributed by atoms with Crippen LogP contribution in [0.1, 0.15) is 31.7 Å². The fraction of sp³-hybridized carbons (Fsp3) is 0.375. The molecule has 0 amide bonds. The van der Waals surface area contributed by atoms with Crippen molar-refractivity contribution in [2.75, 3.05) is 0 Å². The standard InChI is InChI=1S/C16H16N6/c17-5-3-13(7-11-1-2-11)22-9-12(8-21-22)15-14-4-6-18-16(14)20-10-19-15/h4,6,8-11,13H,1-3,7H2,(H,18,19,20)/t13-/m0/s1. The van der Waals surface area contributed by atoms with Gasteiger partial charge in [0.05, 0.1) is 30.4 Å². The summed E-state index contributed by atoms with van der Waals surface area (Å²) in [4.78, 5) is 11.7. The van der Waals surface area contributed by atoms with Gasteiger partial charge in [-0.05, 0) is 18.4 Å². The number of nitrogens with zero attached hydrogens (tertiary/aromatic N) is 5. The predicted molar refractivity (Wildman–Crippen MR) is 81.7 cm³/mol. The van der Waals surface area contributed by atoms with E-state index in [2.05, 4.69) is 26.1 Å². The molecular weight excluding hydrogens is 276 g/mol. The van der Waals surface area contributed by atoms with Crippen LogP contribution >= 0.6 is 0 Å². The molecule has 0 aromatic carbocycles. The summed E-state index contributed by atoms with van der Waals surface area (Å²) in [5.41, 5.74) is 2.66. The molecule has 3 aromatic rings. The first-order chi connectivity index (χ1) is 10.8. The zero-order valence-electron chi connectivity index (χ0n) is 12.1. The number of H-pyrrole nitrogens is 1. The normalized spacial score (nSPS) is 15.8. The van der Waals surface area contributed by atoms with Crippen molar-refractivity contribution in [3.8, 4) is 17.3 Å². The Kier molecular flexibility index (Phi) is 3.11. The third-order valence-corrected chi connectivity index (χ3v) is 4.23. The molecule has 0 unspecified atom stereocenters. The van der Waals surface area contributed by atoms with Crippen molar-refractivity contribution in [2.45, 2.75) is 31.7 Å². The number of hydrogen-bond acceptors (Lipinski definition) is 4. The molecule has 1 aliphatic carbocycles. The molecule has 22 heavy (non-hydrogen) atoms. The highest BCUT2D eigenvalue weighted by atomic mass is 15.3. The Balaban J connectivity index is 1.68. The summed E-state index contributed by atoms with van der Waals surface area (Å²) in [6.07, 6.45) is 11.4. The van der Waals surface area contributed by atoms with Gasteiger partial charge in [-0.25, -0.2) is 9.97 Å². The van der Waals surface area contributed by atoms with E-state index < -0.39 is 0 Å². The van der Waals surface area contributed by atoms with Crippen molar-refractivity contribution in [3.05, 3.63) is 31.0 Å². The lowest BCUT2D eigenvalue weighted by Gasteiger charge is -2.13. The van der Waals surface area contributed by atoms with Gasteiger partial charge in [-0.15, -0.1) is 0 Å². The molecule has 4 rings (SSSR count). The predicted octanol–water partition coefficient (Wildman–Crippen LogP) is 3.08. The smallest absolute Gasteiger partial charge is 0.141 e. The van der Waals surface area contributed by atoms with Gasteiger partial charge in [0.25, 0.3) is 0 Å². The number of fused-ring (bicyclic) bond motifs is 1. The van der Waals surface area contributed by atoms with Crippen LogP contribution in [-0.4, -0.2) is 24.7 Å². The summed E-state index contributed by atoms with van der Waals surface area (Å²) >= 11 is 0. The minimum atomic E-state index is 0.162. The van der Waals surface area contributed by atoms with Gasteiger partial charge in [0.1, 0.15) is 12.0 Å². The van der Waals surface area contributed by atoms with Gasteiger partial charge in [0.15, 0.2) is 0 Å². The van der Waals surface area contributed by atoms with Crippen LogP contribution in [0.2, 0.25) is 0 Å². The Hall–Kier alpha value is -2.68. The lowest BCUT2D eigenvalue weighted by Crippen LogP contribution is -2.09. The third kappa shape index (κ3) is 2.35. The third-order valence-electron chi connectivity index (χ3n) is 4.23. The molecule has 1 aliphatic rings. The Morgan fingerprint density at radius 2 is 2.32 bits per heavy atom. The second kappa shape index (κ2) is 5.26. The molecule has 0 aliphatic heterocycles. The summed E-state index contributed by atoms with van der Waals surface area (Å²) in [5, 5.41) is 14.5. The van der Waals surface area contributed by atoms with Crippen molar-refractivity contribution in [2.24, 2.45) is 5.92 Å². The monoisotopic (exact) mass is 292 g/mol. The maximum absolute atomic E-state index is 9.05. The fourth-order valence-electron chi connectivity index (χ4n) is 2.89. The summed E-state index contributed by atoms with van der Waals surface area (Å²) in [6, 6.07) is 4.42. The fourth-order valence-corrected chi connectivity index (χ4v) is 2.89. The Morgan fingerprint density at radius 3 is 3.14 bits per heavy atom. The summed E-state index contributed by atoms with van der Waals surface area (Å²) in [6.45, 7) is 0. The second-order valence-corrected chi connectivity index (χ2v) is 5.87. The van der Waals surface area contributed by atoms with Crippen molar-refractivity contribution in [1.29, 1.82) is 5.26 Å². The van der Waals surface area contributed by atoms with Crippen LogP contribution in [0.25, 0.3) is 22.3 Å². The molecule has 3 aromatic heterocycles. The lowest BCUT2D eigenvalue weighted by molar-refractivity contribution is 0.411. The zero-order chi connectivity index (χ0) is 14.9. The SMILES string of the molecule is N#CC[C@@H](CC1CC1)n1cc(-c2ncnc3[nH]ccc23)cn1. The first-order valence-corrected chi connectivity index (χ1v) is 7.54. The van der Waals surface area contributed by atoms with E-state index >= 15 is 0 Å². The van der Waals surface area contributed by atoms with Gasteiger partial charge in [-0.3, -0.25) is 4.68 Å². The van der Waals surface area contributed by atoms with Gasteiger partial charge >= 0.3 is 0 Å². The van der Waals surface area contributed by atoms with Crippen LogP contribution < -0.4 is 0 Å². The van der Waals surface area contributed by atoms with Gasteiger partial charge in [0, 0.05) is 23.3 Å². The van der Waals surface area contributed by atoms with E-state index in [1.54, 1.807) is 6.33 Å². The minimum absolute atomic E-state index is 0.162. The Bertz CT molecular complexity index is 836. The zero-order valence-corrected chi connectivity index (χ0v) is 12.1. The quantitative estimate of drug-likeness (QED) is 0.783. The van der Waals surface area contributed by atoms with Gasteiger partial charge in [0.2, 0.25) is 0 Å². The number of nitrogens with one attached hydrogen (secondary N) is 1. The van der Waals surface area contributed by atoms with Crippen molar-refractivity contribution >= 4 is 11.0 Å². The molecule has 6 heteroatoms. The number of hydrogen-bond donors (Lipinski definition) is 1. The topological polar surface area (TPSA) is 83.2 Å². The summed E-state index contributed by atoms with van der Waals surface area (Å²) in [7, 11) is 0. The highest BCUT2D eigenvalue weighted by Crippen LogP contribution is 2.38. The van der Waals surface area contributed by atoms with Crippen LogP contribution in [0.4, 0.5) is 0 Å². The molecule has 1 atom stereocenters. The van der Waals surface area contributed by atoms with E-state index in [1.165, 1.54) is 12.8 Å². The molecule has 0 saturated heterocycles. The minimum Gasteiger partial charge on any atom is -0.346 e. The molecule has 0 spiro atoms. The largest absolute Gasteiger partial charge is 0.346 e. The Labute approximate surface area is 127 Å². The molecule has 1 fully saturated rings. The van der Waals surface area contributed by atoms with Crippen LogP contribution in [0.3, 0.4) is 0 Å². The van der Waals surface area contributed by atoms with Crippen molar-refractivity contribution in [1.82, 2.24) is 24.7 Å². The lowest BCUT2D eigenvalue weighted by atomic mass is 10.1. The summed E-state index contributed by atoms with van der Waals surface area (Å²) in [5.74, 6) is 0.765. The van der Waals surface area contributed by atoms with E-state index in [9.17, 15) is 0 Å². The molecule has 110 valence electrons. The Morgan fingerprint density at radius 1 is 1.41 bits per heavy atom. The van der Waals surface area contributed by atoms with E-state index in [4.69, 9.17) is 5.26 Å². The molecule has 0 bridgehead atoms. The number of nitriles is 1. The first kappa shape index (κ1) is 13.0. The molecule has 0 radical (unpaired) electrons. The van der Waals surface area contributed by atoms with Crippen LogP contribution in [0, 0.1) is 17.2 Å². The molecule has 3 heterocycles. The van der Waals surface area contributed by atoms with Gasteiger partial charge in [-0.1, -0.05) is 12.8 Å². The number of rotatable bonds is 5. The highest BCUT2D eigenvalue weighted by Gasteiger charge is 2.27. The number of aromatic nitrogens is 5. The van der Waals surface area contributed by atoms with Crippen LogP contribution in [0.5, 0.6) is 0 Å². The van der Waals surface area contributed by atoms with Crippen molar-refractivity contribution in [3.63, 3.8) is 0 Å². The van der Waals surface area contributed by atoms with E-state index in [0.29, 0.717) is 6.42 Å². The van der Waals surface area contributed by atoms with Crippen LogP contribution in [-0.2, 0) is 0 Å². The molecule has 1 saturated carbocycles. The molecule has 6 nitrogen and oxygen atoms in total. The average molecular weight is 292 g/mol. The van der Waals surface area contributed by atoms with Crippen LogP contribution in [0.15, 0.2) is 31.0 Å². The molecular formula is C16H16N6.